The summed E-state index contributed by atoms with van der Waals surface area (Å²) < 4.78 is 5.10. The van der Waals surface area contributed by atoms with Crippen LogP contribution in [0.5, 0.6) is 0 Å². The number of piperidine rings is 1. The quantitative estimate of drug-likeness (QED) is 0.210. The minimum atomic E-state index is -0.172. The number of thioether (sulfide) groups is 1. The molecule has 2 saturated heterocycles. The Labute approximate surface area is 216 Å². The van der Waals surface area contributed by atoms with Gasteiger partial charge >= 0.3 is 5.97 Å². The summed E-state index contributed by atoms with van der Waals surface area (Å²) in [6.07, 6.45) is 3.76. The second kappa shape index (κ2) is 13.3. The number of likely N-dealkylation sites (tertiary alicyclic amines) is 1. The zero-order valence-electron chi connectivity index (χ0n) is 20.9. The smallest absolute Gasteiger partial charge is 0.309 e. The third-order valence-electron chi connectivity index (χ3n) is 6.47. The molecule has 1 aromatic heterocycles. The second-order valence-corrected chi connectivity index (χ2v) is 10.3. The Bertz CT molecular complexity index is 897. The van der Waals surface area contributed by atoms with Gasteiger partial charge in [0.1, 0.15) is 11.0 Å². The maximum absolute atomic E-state index is 12.7. The molecule has 0 radical (unpaired) electrons. The van der Waals surface area contributed by atoms with Crippen LogP contribution in [-0.2, 0) is 19.1 Å². The Morgan fingerprint density at radius 3 is 2.51 bits per heavy atom. The molecule has 0 saturated carbocycles. The average molecular weight is 526 g/mol. The summed E-state index contributed by atoms with van der Waals surface area (Å²) >= 11 is 7.55. The lowest BCUT2D eigenvalue weighted by Gasteiger charge is -2.40. The maximum Gasteiger partial charge on any atom is 0.309 e. The van der Waals surface area contributed by atoms with Crippen molar-refractivity contribution in [2.75, 3.05) is 50.0 Å². The van der Waals surface area contributed by atoms with Crippen LogP contribution in [0, 0.1) is 5.92 Å². The van der Waals surface area contributed by atoms with Gasteiger partial charge < -0.3 is 19.4 Å². The first-order chi connectivity index (χ1) is 16.8. The molecule has 1 unspecified atom stereocenters. The number of hydrogen-bond acceptors (Lipinski definition) is 8. The van der Waals surface area contributed by atoms with Crippen molar-refractivity contribution in [2.24, 2.45) is 5.92 Å². The summed E-state index contributed by atoms with van der Waals surface area (Å²) in [7, 11) is 0. The van der Waals surface area contributed by atoms with E-state index in [2.05, 4.69) is 28.7 Å². The van der Waals surface area contributed by atoms with E-state index in [1.54, 1.807) is 17.9 Å². The number of ether oxygens (including phenoxy) is 1. The Morgan fingerprint density at radius 2 is 1.86 bits per heavy atom. The van der Waals surface area contributed by atoms with Gasteiger partial charge in [0.2, 0.25) is 11.8 Å². The molecule has 1 atom stereocenters. The lowest BCUT2D eigenvalue weighted by molar-refractivity contribution is -0.151. The summed E-state index contributed by atoms with van der Waals surface area (Å²) in [6.45, 7) is 9.40. The molecule has 3 rings (SSSR count). The average Bonchev–Trinajstić information content (AvgIpc) is 2.85. The molecule has 0 bridgehead atoms. The molecule has 2 aliphatic rings. The first-order valence-corrected chi connectivity index (χ1v) is 13.8. The largest absolute Gasteiger partial charge is 0.466 e. The fourth-order valence-corrected chi connectivity index (χ4v) is 5.45. The number of hydrogen-bond donors (Lipinski definition) is 0. The lowest BCUT2D eigenvalue weighted by Crippen LogP contribution is -2.54. The number of carbonyl (C=O) groups is 3. The molecule has 11 heteroatoms. The minimum Gasteiger partial charge on any atom is -0.466 e. The predicted octanol–water partition coefficient (Wildman–Crippen LogP) is 3.25. The molecule has 0 aromatic carbocycles. The maximum atomic E-state index is 12.7. The number of amides is 2. The molecule has 0 aliphatic carbocycles. The monoisotopic (exact) mass is 525 g/mol. The molecule has 0 N–H and O–H groups in total. The van der Waals surface area contributed by atoms with Crippen LogP contribution in [0.15, 0.2) is 11.2 Å². The first kappa shape index (κ1) is 27.5. The summed E-state index contributed by atoms with van der Waals surface area (Å²) in [5.41, 5.74) is 0. The standard InChI is InChI=1S/C24H36ClN5O4S/c1-4-6-7-21(31)30-13-12-29(15-17(30)3)20-14-19(25)26-24(27-20)35-16-22(32)28-10-8-18(9-11-28)23(33)34-5-2/h14,17-18H,4-13,15-16H2,1-3H3. The van der Waals surface area contributed by atoms with E-state index in [1.807, 2.05) is 4.90 Å². The van der Waals surface area contributed by atoms with Gasteiger partial charge in [-0.3, -0.25) is 14.4 Å². The number of rotatable bonds is 9. The summed E-state index contributed by atoms with van der Waals surface area (Å²) in [4.78, 5) is 51.9. The fraction of sp³-hybridized carbons (Fsp3) is 0.708. The van der Waals surface area contributed by atoms with Gasteiger partial charge in [0.05, 0.1) is 18.3 Å². The third kappa shape index (κ3) is 7.70. The molecule has 2 amide bonds. The Morgan fingerprint density at radius 1 is 1.11 bits per heavy atom. The van der Waals surface area contributed by atoms with Crippen molar-refractivity contribution >= 4 is 47.0 Å². The molecule has 194 valence electrons. The summed E-state index contributed by atoms with van der Waals surface area (Å²) in [5.74, 6) is 0.822. The molecule has 2 fully saturated rings. The van der Waals surface area contributed by atoms with Crippen LogP contribution in [-0.4, -0.2) is 88.7 Å². The van der Waals surface area contributed by atoms with Gasteiger partial charge in [-0.25, -0.2) is 9.97 Å². The van der Waals surface area contributed by atoms with Crippen molar-refractivity contribution in [3.63, 3.8) is 0 Å². The van der Waals surface area contributed by atoms with Crippen LogP contribution in [0.1, 0.15) is 52.9 Å². The number of unbranched alkanes of at least 4 members (excludes halogenated alkanes) is 1. The van der Waals surface area contributed by atoms with Crippen LogP contribution >= 0.6 is 23.4 Å². The van der Waals surface area contributed by atoms with E-state index in [0.717, 1.165) is 12.8 Å². The van der Waals surface area contributed by atoms with E-state index in [0.29, 0.717) is 74.7 Å². The number of esters is 1. The number of nitrogens with zero attached hydrogens (tertiary/aromatic N) is 5. The number of aromatic nitrogens is 2. The molecular weight excluding hydrogens is 490 g/mol. The minimum absolute atomic E-state index is 0.00439. The van der Waals surface area contributed by atoms with E-state index in [9.17, 15) is 14.4 Å². The van der Waals surface area contributed by atoms with E-state index in [-0.39, 0.29) is 35.5 Å². The molecular formula is C24H36ClN5O4S. The molecule has 1 aromatic rings. The van der Waals surface area contributed by atoms with E-state index in [1.165, 1.54) is 11.8 Å². The van der Waals surface area contributed by atoms with Crippen molar-refractivity contribution in [2.45, 2.75) is 64.1 Å². The van der Waals surface area contributed by atoms with Gasteiger partial charge in [-0.2, -0.15) is 0 Å². The zero-order valence-corrected chi connectivity index (χ0v) is 22.4. The first-order valence-electron chi connectivity index (χ1n) is 12.5. The predicted molar refractivity (Wildman–Crippen MR) is 137 cm³/mol. The van der Waals surface area contributed by atoms with Gasteiger partial charge in [0, 0.05) is 51.3 Å². The SMILES string of the molecule is CCCCC(=O)N1CCN(c2cc(Cl)nc(SCC(=O)N3CCC(C(=O)OCC)CC3)n2)CC1C. The van der Waals surface area contributed by atoms with Crippen molar-refractivity contribution in [3.8, 4) is 0 Å². The summed E-state index contributed by atoms with van der Waals surface area (Å²) in [5, 5.41) is 0.783. The Hall–Kier alpha value is -2.07. The molecule has 9 nitrogen and oxygen atoms in total. The third-order valence-corrected chi connectivity index (χ3v) is 7.49. The van der Waals surface area contributed by atoms with Gasteiger partial charge in [-0.15, -0.1) is 0 Å². The fourth-order valence-electron chi connectivity index (χ4n) is 4.46. The highest BCUT2D eigenvalue weighted by molar-refractivity contribution is 7.99. The van der Waals surface area contributed by atoms with Gasteiger partial charge in [0.25, 0.3) is 0 Å². The normalized spacial score (nSPS) is 19.1. The van der Waals surface area contributed by atoms with Gasteiger partial charge in [-0.1, -0.05) is 36.7 Å². The lowest BCUT2D eigenvalue weighted by atomic mass is 9.97. The zero-order chi connectivity index (χ0) is 25.4. The second-order valence-electron chi connectivity index (χ2n) is 9.01. The van der Waals surface area contributed by atoms with Crippen molar-refractivity contribution in [1.29, 1.82) is 0 Å². The molecule has 35 heavy (non-hydrogen) atoms. The van der Waals surface area contributed by atoms with Crippen molar-refractivity contribution in [3.05, 3.63) is 11.2 Å². The highest BCUT2D eigenvalue weighted by Crippen LogP contribution is 2.25. The molecule has 2 aliphatic heterocycles. The number of halogens is 1. The van der Waals surface area contributed by atoms with Crippen LogP contribution in [0.4, 0.5) is 5.82 Å². The highest BCUT2D eigenvalue weighted by atomic mass is 35.5. The number of carbonyl (C=O) groups excluding carboxylic acids is 3. The molecule has 0 spiro atoms. The highest BCUT2D eigenvalue weighted by Gasteiger charge is 2.29. The summed E-state index contributed by atoms with van der Waals surface area (Å²) in [6, 6.07) is 1.81. The van der Waals surface area contributed by atoms with Crippen LogP contribution in [0.25, 0.3) is 0 Å². The molecule has 3 heterocycles. The van der Waals surface area contributed by atoms with E-state index >= 15 is 0 Å². The van der Waals surface area contributed by atoms with Crippen molar-refractivity contribution in [1.82, 2.24) is 19.8 Å². The van der Waals surface area contributed by atoms with E-state index in [4.69, 9.17) is 16.3 Å². The Kier molecular flexibility index (Phi) is 10.5. The van der Waals surface area contributed by atoms with Crippen LogP contribution < -0.4 is 4.90 Å². The number of piperazine rings is 1. The van der Waals surface area contributed by atoms with Crippen LogP contribution in [0.3, 0.4) is 0 Å². The van der Waals surface area contributed by atoms with E-state index < -0.39 is 0 Å². The van der Waals surface area contributed by atoms with Crippen LogP contribution in [0.2, 0.25) is 5.15 Å². The van der Waals surface area contributed by atoms with Gasteiger partial charge in [-0.05, 0) is 33.1 Å². The van der Waals surface area contributed by atoms with Crippen molar-refractivity contribution < 1.29 is 19.1 Å². The van der Waals surface area contributed by atoms with Gasteiger partial charge in [0.15, 0.2) is 5.16 Å². The topological polar surface area (TPSA) is 95.9 Å². The Balaban J connectivity index is 1.52. The number of anilines is 1.